The summed E-state index contributed by atoms with van der Waals surface area (Å²) in [5.41, 5.74) is 2.03. The lowest BCUT2D eigenvalue weighted by Gasteiger charge is -2.09. The van der Waals surface area contributed by atoms with Crippen molar-refractivity contribution in [2.24, 2.45) is 0 Å². The van der Waals surface area contributed by atoms with E-state index in [9.17, 15) is 4.79 Å². The van der Waals surface area contributed by atoms with Crippen molar-refractivity contribution in [2.75, 3.05) is 11.9 Å². The van der Waals surface area contributed by atoms with Gasteiger partial charge in [0.05, 0.1) is 11.3 Å². The van der Waals surface area contributed by atoms with Crippen LogP contribution in [0.1, 0.15) is 0 Å². The number of hydrogen-bond donors (Lipinski definition) is 1. The van der Waals surface area contributed by atoms with Crippen molar-refractivity contribution in [1.29, 1.82) is 0 Å². The van der Waals surface area contributed by atoms with Gasteiger partial charge in [-0.25, -0.2) is 0 Å². The Morgan fingerprint density at radius 3 is 2.48 bits per heavy atom. The minimum Gasteiger partial charge on any atom is -0.484 e. The normalized spacial score (nSPS) is 10.5. The molecule has 7 heteroatoms. The standard InChI is InChI=1S/C22H16ClN3O3/c23-16-10-12-17(13-11-16)28-14-20(27)24-19-9-5-4-8-18(19)22-25-21(26-29-22)15-6-2-1-3-7-15/h1-13H,14H2,(H,24,27). The first-order valence-electron chi connectivity index (χ1n) is 8.86. The molecule has 0 aliphatic rings. The van der Waals surface area contributed by atoms with Crippen LogP contribution >= 0.6 is 11.6 Å². The second-order valence-corrected chi connectivity index (χ2v) is 6.56. The molecule has 29 heavy (non-hydrogen) atoms. The zero-order chi connectivity index (χ0) is 20.1. The van der Waals surface area contributed by atoms with Crippen LogP contribution in [0.25, 0.3) is 22.8 Å². The highest BCUT2D eigenvalue weighted by atomic mass is 35.5. The molecular weight excluding hydrogens is 390 g/mol. The van der Waals surface area contributed by atoms with E-state index in [1.165, 1.54) is 0 Å². The largest absolute Gasteiger partial charge is 0.484 e. The topological polar surface area (TPSA) is 77.2 Å². The average molecular weight is 406 g/mol. The Labute approximate surface area is 172 Å². The summed E-state index contributed by atoms with van der Waals surface area (Å²) in [4.78, 5) is 16.8. The lowest BCUT2D eigenvalue weighted by molar-refractivity contribution is -0.118. The van der Waals surface area contributed by atoms with Gasteiger partial charge in [-0.05, 0) is 36.4 Å². The maximum Gasteiger partial charge on any atom is 0.262 e. The van der Waals surface area contributed by atoms with Crippen molar-refractivity contribution in [3.8, 4) is 28.6 Å². The van der Waals surface area contributed by atoms with E-state index in [2.05, 4.69) is 15.5 Å². The molecule has 1 heterocycles. The summed E-state index contributed by atoms with van der Waals surface area (Å²) in [5.74, 6) is 1.05. The first kappa shape index (κ1) is 18.7. The van der Waals surface area contributed by atoms with E-state index in [4.69, 9.17) is 20.9 Å². The lowest BCUT2D eigenvalue weighted by atomic mass is 10.1. The molecule has 0 fully saturated rings. The Morgan fingerprint density at radius 1 is 0.966 bits per heavy atom. The monoisotopic (exact) mass is 405 g/mol. The van der Waals surface area contributed by atoms with Gasteiger partial charge in [0, 0.05) is 10.6 Å². The average Bonchev–Trinajstić information content (AvgIpc) is 3.24. The first-order valence-corrected chi connectivity index (χ1v) is 9.23. The number of para-hydroxylation sites is 1. The van der Waals surface area contributed by atoms with Gasteiger partial charge in [0.2, 0.25) is 5.82 Å². The molecule has 0 radical (unpaired) electrons. The molecule has 0 saturated carbocycles. The highest BCUT2D eigenvalue weighted by Crippen LogP contribution is 2.28. The molecule has 6 nitrogen and oxygen atoms in total. The predicted molar refractivity (Wildman–Crippen MR) is 111 cm³/mol. The van der Waals surface area contributed by atoms with Crippen molar-refractivity contribution in [2.45, 2.75) is 0 Å². The Hall–Kier alpha value is -3.64. The molecule has 1 aromatic heterocycles. The quantitative estimate of drug-likeness (QED) is 0.484. The molecule has 3 aromatic carbocycles. The van der Waals surface area contributed by atoms with Gasteiger partial charge in [-0.2, -0.15) is 4.98 Å². The number of carbonyl (C=O) groups is 1. The minimum atomic E-state index is -0.310. The Balaban J connectivity index is 1.48. The van der Waals surface area contributed by atoms with Crippen LogP contribution in [0.4, 0.5) is 5.69 Å². The third kappa shape index (κ3) is 4.62. The molecule has 0 aliphatic carbocycles. The number of halogens is 1. The van der Waals surface area contributed by atoms with Crippen LogP contribution in [0.5, 0.6) is 5.75 Å². The third-order valence-corrected chi connectivity index (χ3v) is 4.33. The second kappa shape index (κ2) is 8.58. The second-order valence-electron chi connectivity index (χ2n) is 6.13. The van der Waals surface area contributed by atoms with E-state index >= 15 is 0 Å². The van der Waals surface area contributed by atoms with Gasteiger partial charge in [-0.3, -0.25) is 4.79 Å². The van der Waals surface area contributed by atoms with Gasteiger partial charge in [0.25, 0.3) is 11.8 Å². The summed E-state index contributed by atoms with van der Waals surface area (Å²) in [6.07, 6.45) is 0. The first-order chi connectivity index (χ1) is 14.2. The van der Waals surface area contributed by atoms with Crippen LogP contribution < -0.4 is 10.1 Å². The fourth-order valence-corrected chi connectivity index (χ4v) is 2.81. The zero-order valence-corrected chi connectivity index (χ0v) is 16.0. The van der Waals surface area contributed by atoms with E-state index in [1.54, 1.807) is 36.4 Å². The number of benzene rings is 3. The summed E-state index contributed by atoms with van der Waals surface area (Å²) in [6.45, 7) is -0.144. The molecule has 144 valence electrons. The van der Waals surface area contributed by atoms with E-state index in [-0.39, 0.29) is 12.5 Å². The highest BCUT2D eigenvalue weighted by Gasteiger charge is 2.15. The number of anilines is 1. The molecule has 0 unspecified atom stereocenters. The Morgan fingerprint density at radius 2 is 1.69 bits per heavy atom. The van der Waals surface area contributed by atoms with Crippen LogP contribution in [0, 0.1) is 0 Å². The highest BCUT2D eigenvalue weighted by molar-refractivity contribution is 6.30. The molecule has 0 atom stereocenters. The van der Waals surface area contributed by atoms with Crippen LogP contribution in [-0.2, 0) is 4.79 Å². The summed E-state index contributed by atoms with van der Waals surface area (Å²) in [7, 11) is 0. The fourth-order valence-electron chi connectivity index (χ4n) is 2.68. The van der Waals surface area contributed by atoms with E-state index in [0.717, 1.165) is 5.56 Å². The van der Waals surface area contributed by atoms with Crippen LogP contribution in [-0.4, -0.2) is 22.7 Å². The van der Waals surface area contributed by atoms with Gasteiger partial charge >= 0.3 is 0 Å². The summed E-state index contributed by atoms with van der Waals surface area (Å²) < 4.78 is 10.9. The number of hydrogen-bond acceptors (Lipinski definition) is 5. The number of rotatable bonds is 6. The number of nitrogens with zero attached hydrogens (tertiary/aromatic N) is 2. The molecule has 0 aliphatic heterocycles. The minimum absolute atomic E-state index is 0.144. The number of ether oxygens (including phenoxy) is 1. The van der Waals surface area contributed by atoms with Gasteiger partial charge in [0.15, 0.2) is 6.61 Å². The summed E-state index contributed by atoms with van der Waals surface area (Å²) in [6, 6.07) is 23.5. The summed E-state index contributed by atoms with van der Waals surface area (Å²) >= 11 is 5.84. The van der Waals surface area contributed by atoms with Crippen molar-refractivity contribution < 1.29 is 14.1 Å². The predicted octanol–water partition coefficient (Wildman–Crippen LogP) is 5.07. The Kier molecular flexibility index (Phi) is 5.54. The number of nitrogens with one attached hydrogen (secondary N) is 1. The number of carbonyl (C=O) groups excluding carboxylic acids is 1. The molecule has 0 spiro atoms. The molecule has 0 saturated heterocycles. The van der Waals surface area contributed by atoms with Gasteiger partial charge < -0.3 is 14.6 Å². The van der Waals surface area contributed by atoms with Crippen LogP contribution in [0.15, 0.2) is 83.4 Å². The maximum atomic E-state index is 12.3. The smallest absolute Gasteiger partial charge is 0.262 e. The molecule has 1 N–H and O–H groups in total. The van der Waals surface area contributed by atoms with Crippen LogP contribution in [0.3, 0.4) is 0 Å². The van der Waals surface area contributed by atoms with Crippen molar-refractivity contribution in [3.05, 3.63) is 83.9 Å². The molecular formula is C22H16ClN3O3. The fraction of sp³-hybridized carbons (Fsp3) is 0.0455. The van der Waals surface area contributed by atoms with Crippen LogP contribution in [0.2, 0.25) is 5.02 Å². The molecule has 4 aromatic rings. The van der Waals surface area contributed by atoms with Crippen molar-refractivity contribution in [3.63, 3.8) is 0 Å². The van der Waals surface area contributed by atoms with Gasteiger partial charge in [-0.15, -0.1) is 0 Å². The lowest BCUT2D eigenvalue weighted by Crippen LogP contribution is -2.20. The number of aromatic nitrogens is 2. The van der Waals surface area contributed by atoms with E-state index < -0.39 is 0 Å². The van der Waals surface area contributed by atoms with Crippen molar-refractivity contribution in [1.82, 2.24) is 10.1 Å². The van der Waals surface area contributed by atoms with Gasteiger partial charge in [-0.1, -0.05) is 59.2 Å². The number of amides is 1. The summed E-state index contributed by atoms with van der Waals surface area (Å²) in [5, 5.41) is 7.46. The SMILES string of the molecule is O=C(COc1ccc(Cl)cc1)Nc1ccccc1-c1nc(-c2ccccc2)no1. The zero-order valence-electron chi connectivity index (χ0n) is 15.2. The molecule has 4 rings (SSSR count). The molecule has 0 bridgehead atoms. The molecule has 1 amide bonds. The third-order valence-electron chi connectivity index (χ3n) is 4.07. The van der Waals surface area contributed by atoms with E-state index in [0.29, 0.717) is 33.7 Å². The Bertz CT molecular complexity index is 1110. The maximum absolute atomic E-state index is 12.3. The van der Waals surface area contributed by atoms with Crippen molar-refractivity contribution >= 4 is 23.2 Å². The van der Waals surface area contributed by atoms with E-state index in [1.807, 2.05) is 42.5 Å². The van der Waals surface area contributed by atoms with Gasteiger partial charge in [0.1, 0.15) is 5.75 Å².